The van der Waals surface area contributed by atoms with Crippen LogP contribution in [-0.4, -0.2) is 16.0 Å². The van der Waals surface area contributed by atoms with Gasteiger partial charge in [0.15, 0.2) is 0 Å². The minimum Gasteiger partial charge on any atom is -0.508 e. The average molecular weight is 239 g/mol. The number of nitrogens with zero attached hydrogens (tertiary/aromatic N) is 2. The first-order valence-corrected chi connectivity index (χ1v) is 5.15. The predicted octanol–water partition coefficient (Wildman–Crippen LogP) is 1.91. The van der Waals surface area contributed by atoms with Crippen LogP contribution in [0.15, 0.2) is 42.6 Å². The van der Waals surface area contributed by atoms with E-state index in [1.54, 1.807) is 12.1 Å². The summed E-state index contributed by atoms with van der Waals surface area (Å²) in [6, 6.07) is 11.1. The zero-order valence-electron chi connectivity index (χ0n) is 9.29. The molecular formula is C13H9N3O2. The molecule has 0 spiro atoms. The average Bonchev–Trinajstić information content (AvgIpc) is 2.39. The third-order valence-electron chi connectivity index (χ3n) is 2.23. The van der Waals surface area contributed by atoms with Gasteiger partial charge in [0.1, 0.15) is 17.5 Å². The minimum atomic E-state index is -0.398. The molecule has 5 heteroatoms. The summed E-state index contributed by atoms with van der Waals surface area (Å²) in [6.07, 6.45) is 1.33. The van der Waals surface area contributed by atoms with Gasteiger partial charge in [-0.1, -0.05) is 6.07 Å². The Morgan fingerprint density at radius 2 is 2.17 bits per heavy atom. The van der Waals surface area contributed by atoms with E-state index in [9.17, 15) is 9.90 Å². The highest BCUT2D eigenvalue weighted by molar-refractivity contribution is 6.02. The summed E-state index contributed by atoms with van der Waals surface area (Å²) in [5.41, 5.74) is 1.08. The van der Waals surface area contributed by atoms with Crippen LogP contribution in [-0.2, 0) is 0 Å². The Bertz CT molecular complexity index is 615. The summed E-state index contributed by atoms with van der Waals surface area (Å²) in [5.74, 6) is -0.328. The number of rotatable bonds is 2. The van der Waals surface area contributed by atoms with Crippen molar-refractivity contribution in [2.24, 2.45) is 0 Å². The maximum Gasteiger partial charge on any atom is 0.274 e. The molecule has 2 rings (SSSR count). The molecule has 2 aromatic rings. The second kappa shape index (κ2) is 4.97. The number of anilines is 1. The molecule has 0 radical (unpaired) electrons. The Kier molecular flexibility index (Phi) is 3.21. The molecule has 88 valence electrons. The van der Waals surface area contributed by atoms with E-state index in [0.29, 0.717) is 11.3 Å². The lowest BCUT2D eigenvalue weighted by atomic mass is 10.2. The fourth-order valence-corrected chi connectivity index (χ4v) is 1.37. The van der Waals surface area contributed by atoms with E-state index >= 15 is 0 Å². The van der Waals surface area contributed by atoms with Gasteiger partial charge in [-0.2, -0.15) is 5.26 Å². The molecule has 0 atom stereocenters. The number of phenolic OH excluding ortho intramolecular Hbond substituents is 1. The summed E-state index contributed by atoms with van der Waals surface area (Å²) >= 11 is 0. The van der Waals surface area contributed by atoms with Crippen molar-refractivity contribution < 1.29 is 9.90 Å². The van der Waals surface area contributed by atoms with Gasteiger partial charge in [0.25, 0.3) is 5.91 Å². The maximum absolute atomic E-state index is 11.8. The van der Waals surface area contributed by atoms with Crippen LogP contribution in [0.25, 0.3) is 0 Å². The van der Waals surface area contributed by atoms with E-state index in [2.05, 4.69) is 10.3 Å². The summed E-state index contributed by atoms with van der Waals surface area (Å²) < 4.78 is 0. The molecule has 1 aromatic heterocycles. The summed E-state index contributed by atoms with van der Waals surface area (Å²) in [5, 5.41) is 20.5. The van der Waals surface area contributed by atoms with Crippen LogP contribution in [0.1, 0.15) is 16.1 Å². The van der Waals surface area contributed by atoms with E-state index < -0.39 is 5.91 Å². The van der Waals surface area contributed by atoms with Crippen molar-refractivity contribution in [1.29, 1.82) is 5.26 Å². The van der Waals surface area contributed by atoms with Crippen molar-refractivity contribution in [3.8, 4) is 11.8 Å². The molecule has 1 amide bonds. The number of nitriles is 1. The minimum absolute atomic E-state index is 0.0700. The van der Waals surface area contributed by atoms with Crippen LogP contribution in [0.4, 0.5) is 5.69 Å². The number of hydrogen-bond donors (Lipinski definition) is 2. The molecule has 5 nitrogen and oxygen atoms in total. The van der Waals surface area contributed by atoms with Gasteiger partial charge in [0.05, 0.1) is 5.56 Å². The smallest absolute Gasteiger partial charge is 0.274 e. The zero-order valence-corrected chi connectivity index (χ0v) is 9.29. The van der Waals surface area contributed by atoms with Crippen molar-refractivity contribution >= 4 is 11.6 Å². The number of carbonyl (C=O) groups excluding carboxylic acids is 1. The number of benzene rings is 1. The second-order valence-corrected chi connectivity index (χ2v) is 3.55. The van der Waals surface area contributed by atoms with Crippen molar-refractivity contribution in [3.63, 3.8) is 0 Å². The summed E-state index contributed by atoms with van der Waals surface area (Å²) in [6.45, 7) is 0. The van der Waals surface area contributed by atoms with Crippen LogP contribution < -0.4 is 5.32 Å². The Hall–Kier alpha value is -2.87. The molecule has 2 N–H and O–H groups in total. The summed E-state index contributed by atoms with van der Waals surface area (Å²) in [7, 11) is 0. The normalized spacial score (nSPS) is 9.50. The van der Waals surface area contributed by atoms with Gasteiger partial charge < -0.3 is 10.4 Å². The number of aromatic hydroxyl groups is 1. The highest BCUT2D eigenvalue weighted by atomic mass is 16.3. The van der Waals surface area contributed by atoms with E-state index in [0.717, 1.165) is 0 Å². The van der Waals surface area contributed by atoms with Gasteiger partial charge in [0, 0.05) is 18.0 Å². The molecule has 0 saturated heterocycles. The number of pyridine rings is 1. The van der Waals surface area contributed by atoms with E-state index in [1.165, 1.54) is 30.5 Å². The van der Waals surface area contributed by atoms with E-state index in [-0.39, 0.29) is 11.4 Å². The van der Waals surface area contributed by atoms with Gasteiger partial charge >= 0.3 is 0 Å². The van der Waals surface area contributed by atoms with Crippen LogP contribution in [0.2, 0.25) is 0 Å². The molecule has 0 bridgehead atoms. The molecule has 1 aromatic carbocycles. The van der Waals surface area contributed by atoms with E-state index in [4.69, 9.17) is 5.26 Å². The monoisotopic (exact) mass is 239 g/mol. The topological polar surface area (TPSA) is 86.0 Å². The van der Waals surface area contributed by atoms with Crippen molar-refractivity contribution in [3.05, 3.63) is 53.9 Å². The van der Waals surface area contributed by atoms with Gasteiger partial charge in [0.2, 0.25) is 0 Å². The largest absolute Gasteiger partial charge is 0.508 e. The Labute approximate surface area is 103 Å². The molecular weight excluding hydrogens is 230 g/mol. The highest BCUT2D eigenvalue weighted by Crippen LogP contribution is 2.15. The number of amides is 1. The van der Waals surface area contributed by atoms with Crippen LogP contribution in [0.3, 0.4) is 0 Å². The van der Waals surface area contributed by atoms with Crippen LogP contribution in [0, 0.1) is 11.3 Å². The molecule has 0 aliphatic rings. The third-order valence-corrected chi connectivity index (χ3v) is 2.23. The molecule has 0 aliphatic heterocycles. The van der Waals surface area contributed by atoms with Crippen molar-refractivity contribution in [2.75, 3.05) is 5.32 Å². The number of phenols is 1. The first-order chi connectivity index (χ1) is 8.69. The fourth-order valence-electron chi connectivity index (χ4n) is 1.37. The molecule has 1 heterocycles. The standard InChI is InChI=1S/C13H9N3O2/c14-7-9-4-5-12(15-8-9)13(18)16-10-2-1-3-11(17)6-10/h1-6,8,17H,(H,16,18). The van der Waals surface area contributed by atoms with Gasteiger partial charge in [-0.3, -0.25) is 4.79 Å². The van der Waals surface area contributed by atoms with E-state index in [1.807, 2.05) is 6.07 Å². The highest BCUT2D eigenvalue weighted by Gasteiger charge is 2.07. The first-order valence-electron chi connectivity index (χ1n) is 5.15. The van der Waals surface area contributed by atoms with Gasteiger partial charge in [-0.25, -0.2) is 4.98 Å². The van der Waals surface area contributed by atoms with Gasteiger partial charge in [-0.15, -0.1) is 0 Å². The molecule has 0 unspecified atom stereocenters. The lowest BCUT2D eigenvalue weighted by Crippen LogP contribution is -2.13. The summed E-state index contributed by atoms with van der Waals surface area (Å²) in [4.78, 5) is 15.7. The Morgan fingerprint density at radius 3 is 2.78 bits per heavy atom. The second-order valence-electron chi connectivity index (χ2n) is 3.55. The van der Waals surface area contributed by atoms with Crippen molar-refractivity contribution in [1.82, 2.24) is 4.98 Å². The van der Waals surface area contributed by atoms with Crippen LogP contribution >= 0.6 is 0 Å². The third kappa shape index (κ3) is 2.62. The first kappa shape index (κ1) is 11.6. The molecule has 0 aliphatic carbocycles. The fraction of sp³-hybridized carbons (Fsp3) is 0. The maximum atomic E-state index is 11.8. The van der Waals surface area contributed by atoms with Crippen molar-refractivity contribution in [2.45, 2.75) is 0 Å². The van der Waals surface area contributed by atoms with Gasteiger partial charge in [-0.05, 0) is 24.3 Å². The predicted molar refractivity (Wildman–Crippen MR) is 65.0 cm³/mol. The molecule has 0 fully saturated rings. The number of hydrogen-bond acceptors (Lipinski definition) is 4. The molecule has 18 heavy (non-hydrogen) atoms. The lowest BCUT2D eigenvalue weighted by molar-refractivity contribution is 0.102. The Morgan fingerprint density at radius 1 is 1.33 bits per heavy atom. The lowest BCUT2D eigenvalue weighted by Gasteiger charge is -2.04. The Balaban J connectivity index is 2.14. The SMILES string of the molecule is N#Cc1ccc(C(=O)Nc2cccc(O)c2)nc1. The zero-order chi connectivity index (χ0) is 13.0. The van der Waals surface area contributed by atoms with Crippen LogP contribution in [0.5, 0.6) is 5.75 Å². The quantitative estimate of drug-likeness (QED) is 0.838. The number of carbonyl (C=O) groups is 1. The number of nitrogens with one attached hydrogen (secondary N) is 1. The molecule has 0 saturated carbocycles. The number of aromatic nitrogens is 1.